The predicted molar refractivity (Wildman–Crippen MR) is 42.5 cm³/mol. The minimum atomic E-state index is -0.347. The zero-order valence-corrected chi connectivity index (χ0v) is 7.19. The molecule has 56 valence electrons. The molecule has 1 N–H and O–H groups in total. The Morgan fingerprint density at radius 1 is 1.70 bits per heavy atom. The highest BCUT2D eigenvalue weighted by Gasteiger charge is 2.03. The summed E-state index contributed by atoms with van der Waals surface area (Å²) in [5.41, 5.74) is 0. The molecule has 0 aromatic carbocycles. The average Bonchev–Trinajstić information content (AvgIpc) is 2.13. The number of aliphatic hydroxyl groups excluding tert-OH is 1. The second kappa shape index (κ2) is 3.32. The van der Waals surface area contributed by atoms with Gasteiger partial charge in [-0.15, -0.1) is 22.8 Å². The van der Waals surface area contributed by atoms with E-state index in [2.05, 4.69) is 22.8 Å². The van der Waals surface area contributed by atoms with Crippen molar-refractivity contribution in [3.63, 3.8) is 0 Å². The van der Waals surface area contributed by atoms with E-state index in [4.69, 9.17) is 5.11 Å². The van der Waals surface area contributed by atoms with Gasteiger partial charge < -0.3 is 5.11 Å². The lowest BCUT2D eigenvalue weighted by Gasteiger charge is -1.96. The highest BCUT2D eigenvalue weighted by Crippen LogP contribution is 2.14. The van der Waals surface area contributed by atoms with E-state index in [9.17, 15) is 0 Å². The predicted octanol–water partition coefficient (Wildman–Crippen LogP) is 0.750. The van der Waals surface area contributed by atoms with Crippen LogP contribution in [-0.2, 0) is 6.42 Å². The third-order valence-electron chi connectivity index (χ3n) is 0.926. The van der Waals surface area contributed by atoms with E-state index in [0.717, 1.165) is 5.01 Å². The smallest absolute Gasteiger partial charge is 0.171 e. The molecule has 0 spiro atoms. The van der Waals surface area contributed by atoms with Crippen LogP contribution in [0.25, 0.3) is 0 Å². The standard InChI is InChI=1S/C5H8N2OS2/c1-3(8)2-4-6-7-5(9)10-4/h3,8H,2H2,1H3,(H,7,9). The van der Waals surface area contributed by atoms with E-state index >= 15 is 0 Å². The van der Waals surface area contributed by atoms with E-state index in [1.54, 1.807) is 6.92 Å². The van der Waals surface area contributed by atoms with E-state index in [1.807, 2.05) is 0 Å². The minimum absolute atomic E-state index is 0.347. The lowest BCUT2D eigenvalue weighted by molar-refractivity contribution is 0.195. The van der Waals surface area contributed by atoms with Gasteiger partial charge in [0.15, 0.2) is 4.34 Å². The van der Waals surface area contributed by atoms with Crippen molar-refractivity contribution in [3.05, 3.63) is 5.01 Å². The molecule has 1 aromatic heterocycles. The zero-order chi connectivity index (χ0) is 7.56. The highest BCUT2D eigenvalue weighted by atomic mass is 32.2. The highest BCUT2D eigenvalue weighted by molar-refractivity contribution is 7.82. The SMILES string of the molecule is CC(O)Cc1nnc(S)s1. The van der Waals surface area contributed by atoms with Gasteiger partial charge in [0, 0.05) is 6.42 Å². The van der Waals surface area contributed by atoms with Gasteiger partial charge in [-0.05, 0) is 6.92 Å². The summed E-state index contributed by atoms with van der Waals surface area (Å²) in [6, 6.07) is 0. The molecule has 0 bridgehead atoms. The Kier molecular flexibility index (Phi) is 2.64. The van der Waals surface area contributed by atoms with Crippen molar-refractivity contribution >= 4 is 24.0 Å². The summed E-state index contributed by atoms with van der Waals surface area (Å²) >= 11 is 5.39. The normalized spacial score (nSPS) is 13.5. The van der Waals surface area contributed by atoms with Gasteiger partial charge in [-0.3, -0.25) is 0 Å². The second-order valence-electron chi connectivity index (χ2n) is 2.03. The molecule has 1 heterocycles. The van der Waals surface area contributed by atoms with Crippen LogP contribution in [-0.4, -0.2) is 21.4 Å². The molecule has 3 nitrogen and oxygen atoms in total. The van der Waals surface area contributed by atoms with Gasteiger partial charge in [-0.1, -0.05) is 11.3 Å². The lowest BCUT2D eigenvalue weighted by atomic mass is 10.3. The van der Waals surface area contributed by atoms with Gasteiger partial charge in [0.1, 0.15) is 5.01 Å². The number of nitrogens with zero attached hydrogens (tertiary/aromatic N) is 2. The summed E-state index contributed by atoms with van der Waals surface area (Å²) < 4.78 is 0.649. The van der Waals surface area contributed by atoms with Crippen LogP contribution in [0.3, 0.4) is 0 Å². The largest absolute Gasteiger partial charge is 0.393 e. The Morgan fingerprint density at radius 2 is 2.40 bits per heavy atom. The van der Waals surface area contributed by atoms with Crippen LogP contribution in [0.1, 0.15) is 11.9 Å². The first-order chi connectivity index (χ1) is 4.68. The zero-order valence-electron chi connectivity index (χ0n) is 5.48. The van der Waals surface area contributed by atoms with Gasteiger partial charge in [0.05, 0.1) is 6.10 Å². The van der Waals surface area contributed by atoms with Gasteiger partial charge in [-0.25, -0.2) is 0 Å². The first-order valence-corrected chi connectivity index (χ1v) is 4.14. The molecule has 10 heavy (non-hydrogen) atoms. The maximum Gasteiger partial charge on any atom is 0.171 e. The monoisotopic (exact) mass is 176 g/mol. The van der Waals surface area contributed by atoms with Crippen molar-refractivity contribution in [1.29, 1.82) is 0 Å². The summed E-state index contributed by atoms with van der Waals surface area (Å²) in [7, 11) is 0. The van der Waals surface area contributed by atoms with Crippen LogP contribution < -0.4 is 0 Å². The Labute approximate surface area is 68.5 Å². The Balaban J connectivity index is 2.58. The van der Waals surface area contributed by atoms with Gasteiger partial charge in [0.2, 0.25) is 0 Å². The molecule has 0 saturated heterocycles. The average molecular weight is 176 g/mol. The Morgan fingerprint density at radius 3 is 2.80 bits per heavy atom. The fourth-order valence-electron chi connectivity index (χ4n) is 0.580. The van der Waals surface area contributed by atoms with Crippen LogP contribution in [0, 0.1) is 0 Å². The fraction of sp³-hybridized carbons (Fsp3) is 0.600. The van der Waals surface area contributed by atoms with Crippen molar-refractivity contribution in [3.8, 4) is 0 Å². The van der Waals surface area contributed by atoms with Crippen LogP contribution in [0.15, 0.2) is 4.34 Å². The number of rotatable bonds is 2. The first kappa shape index (κ1) is 7.97. The van der Waals surface area contributed by atoms with E-state index < -0.39 is 0 Å². The maximum atomic E-state index is 8.93. The van der Waals surface area contributed by atoms with Gasteiger partial charge in [0.25, 0.3) is 0 Å². The number of thiol groups is 1. The molecule has 0 aliphatic heterocycles. The summed E-state index contributed by atoms with van der Waals surface area (Å²) in [4.78, 5) is 0. The molecule has 1 unspecified atom stereocenters. The second-order valence-corrected chi connectivity index (χ2v) is 3.82. The van der Waals surface area contributed by atoms with Crippen molar-refractivity contribution in [1.82, 2.24) is 10.2 Å². The molecule has 0 aliphatic carbocycles. The molecular formula is C5H8N2OS2. The topological polar surface area (TPSA) is 46.0 Å². The Bertz CT molecular complexity index is 211. The van der Waals surface area contributed by atoms with Crippen molar-refractivity contribution in [2.75, 3.05) is 0 Å². The van der Waals surface area contributed by atoms with Crippen LogP contribution in [0.4, 0.5) is 0 Å². The molecular weight excluding hydrogens is 168 g/mol. The van der Waals surface area contributed by atoms with Crippen molar-refractivity contribution in [2.45, 2.75) is 23.8 Å². The minimum Gasteiger partial charge on any atom is -0.393 e. The lowest BCUT2D eigenvalue weighted by Crippen LogP contribution is -2.03. The number of hydrogen-bond acceptors (Lipinski definition) is 5. The fourth-order valence-corrected chi connectivity index (χ4v) is 1.64. The van der Waals surface area contributed by atoms with Crippen molar-refractivity contribution in [2.24, 2.45) is 0 Å². The molecule has 0 radical (unpaired) electrons. The maximum absolute atomic E-state index is 8.93. The van der Waals surface area contributed by atoms with Gasteiger partial charge >= 0.3 is 0 Å². The third kappa shape index (κ3) is 2.24. The first-order valence-electron chi connectivity index (χ1n) is 2.88. The molecule has 0 fully saturated rings. The molecule has 0 saturated carbocycles. The summed E-state index contributed by atoms with van der Waals surface area (Å²) in [5.74, 6) is 0. The van der Waals surface area contributed by atoms with Crippen LogP contribution in [0.2, 0.25) is 0 Å². The van der Waals surface area contributed by atoms with Crippen LogP contribution in [0.5, 0.6) is 0 Å². The third-order valence-corrected chi connectivity index (χ3v) is 2.04. The van der Waals surface area contributed by atoms with Crippen LogP contribution >= 0.6 is 24.0 Å². The Hall–Kier alpha value is -0.130. The van der Waals surface area contributed by atoms with E-state index in [1.165, 1.54) is 11.3 Å². The quantitative estimate of drug-likeness (QED) is 0.654. The number of aliphatic hydroxyl groups is 1. The molecule has 1 aromatic rings. The summed E-state index contributed by atoms with van der Waals surface area (Å²) in [6.45, 7) is 1.72. The van der Waals surface area contributed by atoms with Gasteiger partial charge in [-0.2, -0.15) is 0 Å². The molecule has 5 heteroatoms. The van der Waals surface area contributed by atoms with Crippen molar-refractivity contribution < 1.29 is 5.11 Å². The summed E-state index contributed by atoms with van der Waals surface area (Å²) in [6.07, 6.45) is 0.221. The van der Waals surface area contributed by atoms with E-state index in [0.29, 0.717) is 10.8 Å². The molecule has 0 amide bonds. The molecule has 1 rings (SSSR count). The molecule has 1 atom stereocenters. The number of hydrogen-bond donors (Lipinski definition) is 2. The molecule has 0 aliphatic rings. The number of aromatic nitrogens is 2. The van der Waals surface area contributed by atoms with E-state index in [-0.39, 0.29) is 6.10 Å². The summed E-state index contributed by atoms with van der Waals surface area (Å²) in [5, 5.41) is 17.2.